The third kappa shape index (κ3) is 7.62. The van der Waals surface area contributed by atoms with Crippen LogP contribution in [0.2, 0.25) is 0 Å². The Balaban J connectivity index is 2.14. The number of benzene rings is 1. The van der Waals surface area contributed by atoms with Gasteiger partial charge in [0, 0.05) is 5.92 Å². The highest BCUT2D eigenvalue weighted by Crippen LogP contribution is 2.33. The number of alkyl carbamates (subject to hydrolysis) is 1. The van der Waals surface area contributed by atoms with Crippen LogP contribution in [0, 0.1) is 17.7 Å². The number of hydrogen-bond donors (Lipinski definition) is 1. The Labute approximate surface area is 179 Å². The Morgan fingerprint density at radius 3 is 2.50 bits per heavy atom. The van der Waals surface area contributed by atoms with E-state index in [1.54, 1.807) is 32.9 Å². The van der Waals surface area contributed by atoms with Gasteiger partial charge < -0.3 is 14.8 Å². The van der Waals surface area contributed by atoms with E-state index in [1.165, 1.54) is 12.1 Å². The fraction of sp³-hybridized carbons (Fsp3) is 0.667. The van der Waals surface area contributed by atoms with Crippen LogP contribution in [0.5, 0.6) is 0 Å². The highest BCUT2D eigenvalue weighted by molar-refractivity contribution is 5.81. The molecule has 4 atom stereocenters. The summed E-state index contributed by atoms with van der Waals surface area (Å²) >= 11 is 0. The molecular weight excluding hydrogens is 385 g/mol. The lowest BCUT2D eigenvalue weighted by molar-refractivity contribution is -0.154. The van der Waals surface area contributed by atoms with E-state index in [-0.39, 0.29) is 17.8 Å². The van der Waals surface area contributed by atoms with Crippen LogP contribution in [0.1, 0.15) is 72.3 Å². The second-order valence-electron chi connectivity index (χ2n) is 9.31. The van der Waals surface area contributed by atoms with Gasteiger partial charge in [-0.3, -0.25) is 0 Å². The van der Waals surface area contributed by atoms with E-state index in [9.17, 15) is 14.0 Å². The van der Waals surface area contributed by atoms with Gasteiger partial charge in [-0.2, -0.15) is 0 Å². The average molecular weight is 422 g/mol. The molecule has 0 spiro atoms. The average Bonchev–Trinajstić information content (AvgIpc) is 2.68. The summed E-state index contributed by atoms with van der Waals surface area (Å²) in [5.74, 6) is -0.147. The van der Waals surface area contributed by atoms with E-state index in [0.29, 0.717) is 12.3 Å². The molecule has 30 heavy (non-hydrogen) atoms. The lowest BCUT2D eigenvalue weighted by Crippen LogP contribution is -2.45. The number of hydrogen-bond acceptors (Lipinski definition) is 4. The molecule has 5 nitrogen and oxygen atoms in total. The van der Waals surface area contributed by atoms with Gasteiger partial charge in [-0.1, -0.05) is 38.3 Å². The zero-order chi connectivity index (χ0) is 22.3. The van der Waals surface area contributed by atoms with Crippen LogP contribution in [0.25, 0.3) is 0 Å². The van der Waals surface area contributed by atoms with Gasteiger partial charge in [0.2, 0.25) is 0 Å². The largest absolute Gasteiger partial charge is 0.461 e. The van der Waals surface area contributed by atoms with E-state index >= 15 is 0 Å². The Morgan fingerprint density at radius 1 is 1.23 bits per heavy atom. The first kappa shape index (κ1) is 24.2. The SMILES string of the molecule is CCCC1CCCC(NC(=O)OC(C)(C)C)C(=O)OC(C)C1Cc1ccc(F)cc1. The summed E-state index contributed by atoms with van der Waals surface area (Å²) < 4.78 is 24.4. The molecule has 1 saturated heterocycles. The van der Waals surface area contributed by atoms with E-state index in [1.807, 2.05) is 6.92 Å². The van der Waals surface area contributed by atoms with Gasteiger partial charge in [0.05, 0.1) is 0 Å². The monoisotopic (exact) mass is 421 g/mol. The molecule has 1 amide bonds. The lowest BCUT2D eigenvalue weighted by Gasteiger charge is -2.31. The molecule has 0 saturated carbocycles. The minimum atomic E-state index is -0.714. The summed E-state index contributed by atoms with van der Waals surface area (Å²) in [7, 11) is 0. The van der Waals surface area contributed by atoms with Crippen molar-refractivity contribution in [2.45, 2.75) is 90.9 Å². The van der Waals surface area contributed by atoms with Gasteiger partial charge in [-0.05, 0) is 70.6 Å². The van der Waals surface area contributed by atoms with Crippen LogP contribution >= 0.6 is 0 Å². The normalized spacial score (nSPS) is 25.5. The van der Waals surface area contributed by atoms with Crippen molar-refractivity contribution in [3.63, 3.8) is 0 Å². The molecule has 0 aliphatic carbocycles. The number of ether oxygens (including phenoxy) is 2. The molecule has 2 rings (SSSR count). The smallest absolute Gasteiger partial charge is 0.408 e. The number of carbonyl (C=O) groups is 2. The minimum Gasteiger partial charge on any atom is -0.461 e. The van der Waals surface area contributed by atoms with E-state index in [2.05, 4.69) is 12.2 Å². The summed E-state index contributed by atoms with van der Waals surface area (Å²) in [6.45, 7) is 9.43. The zero-order valence-corrected chi connectivity index (χ0v) is 18.9. The van der Waals surface area contributed by atoms with Crippen LogP contribution in [-0.2, 0) is 20.7 Å². The van der Waals surface area contributed by atoms with Crippen LogP contribution < -0.4 is 5.32 Å². The predicted molar refractivity (Wildman–Crippen MR) is 115 cm³/mol. The van der Waals surface area contributed by atoms with Crippen molar-refractivity contribution in [1.29, 1.82) is 0 Å². The molecule has 1 heterocycles. The van der Waals surface area contributed by atoms with Gasteiger partial charge in [-0.15, -0.1) is 0 Å². The zero-order valence-electron chi connectivity index (χ0n) is 18.9. The number of esters is 1. The number of amides is 1. The Morgan fingerprint density at radius 2 is 1.90 bits per heavy atom. The lowest BCUT2D eigenvalue weighted by atomic mass is 9.78. The van der Waals surface area contributed by atoms with Crippen molar-refractivity contribution in [3.05, 3.63) is 35.6 Å². The second kappa shape index (κ2) is 10.8. The fourth-order valence-corrected chi connectivity index (χ4v) is 4.19. The number of nitrogens with one attached hydrogen (secondary N) is 1. The fourth-order valence-electron chi connectivity index (χ4n) is 4.19. The molecule has 1 fully saturated rings. The van der Waals surface area contributed by atoms with Gasteiger partial charge in [0.25, 0.3) is 0 Å². The van der Waals surface area contributed by atoms with Crippen LogP contribution in [0.4, 0.5) is 9.18 Å². The molecule has 168 valence electrons. The highest BCUT2D eigenvalue weighted by atomic mass is 19.1. The van der Waals surface area contributed by atoms with Gasteiger partial charge >= 0.3 is 12.1 Å². The summed E-state index contributed by atoms with van der Waals surface area (Å²) in [6.07, 6.45) is 4.19. The first-order chi connectivity index (χ1) is 14.1. The summed E-state index contributed by atoms with van der Waals surface area (Å²) in [6, 6.07) is 5.82. The second-order valence-corrected chi connectivity index (χ2v) is 9.31. The minimum absolute atomic E-state index is 0.139. The third-order valence-corrected chi connectivity index (χ3v) is 5.60. The standard InChI is InChI=1S/C24H36FNO4/c1-6-8-18-9-7-10-21(26-23(28)30-24(3,4)5)22(27)29-16(2)20(18)15-17-11-13-19(25)14-12-17/h11-14,16,18,20-21H,6-10,15H2,1-5H3,(H,26,28). The molecule has 1 aromatic rings. The maximum atomic E-state index is 13.3. The summed E-state index contributed by atoms with van der Waals surface area (Å²) in [4.78, 5) is 25.0. The number of rotatable bonds is 5. The molecule has 0 radical (unpaired) electrons. The molecule has 0 bridgehead atoms. The van der Waals surface area contributed by atoms with Crippen LogP contribution in [0.3, 0.4) is 0 Å². The Kier molecular flexibility index (Phi) is 8.68. The summed E-state index contributed by atoms with van der Waals surface area (Å²) in [5, 5.41) is 2.68. The van der Waals surface area contributed by atoms with Gasteiger partial charge in [-0.25, -0.2) is 14.0 Å². The molecular formula is C24H36FNO4. The first-order valence-corrected chi connectivity index (χ1v) is 11.0. The van der Waals surface area contributed by atoms with Crippen molar-refractivity contribution >= 4 is 12.1 Å². The van der Waals surface area contributed by atoms with Crippen molar-refractivity contribution in [3.8, 4) is 0 Å². The van der Waals surface area contributed by atoms with E-state index in [4.69, 9.17) is 9.47 Å². The maximum Gasteiger partial charge on any atom is 0.408 e. The summed E-state index contributed by atoms with van der Waals surface area (Å²) in [5.41, 5.74) is 0.403. The predicted octanol–water partition coefficient (Wildman–Crippen LogP) is 5.41. The van der Waals surface area contributed by atoms with Crippen molar-refractivity contribution in [1.82, 2.24) is 5.32 Å². The van der Waals surface area contributed by atoms with E-state index < -0.39 is 23.7 Å². The van der Waals surface area contributed by atoms with Crippen LogP contribution in [-0.4, -0.2) is 29.8 Å². The number of halogens is 1. The maximum absolute atomic E-state index is 13.3. The number of cyclic esters (lactones) is 1. The first-order valence-electron chi connectivity index (χ1n) is 11.0. The Hall–Kier alpha value is -2.11. The van der Waals surface area contributed by atoms with Crippen molar-refractivity contribution in [2.75, 3.05) is 0 Å². The topological polar surface area (TPSA) is 64.6 Å². The van der Waals surface area contributed by atoms with Crippen LogP contribution in [0.15, 0.2) is 24.3 Å². The Bertz CT molecular complexity index is 698. The third-order valence-electron chi connectivity index (χ3n) is 5.60. The van der Waals surface area contributed by atoms with Crippen molar-refractivity contribution < 1.29 is 23.5 Å². The van der Waals surface area contributed by atoms with E-state index in [0.717, 1.165) is 37.7 Å². The van der Waals surface area contributed by atoms with Gasteiger partial charge in [0.15, 0.2) is 0 Å². The van der Waals surface area contributed by atoms with Gasteiger partial charge in [0.1, 0.15) is 23.6 Å². The molecule has 6 heteroatoms. The molecule has 4 unspecified atom stereocenters. The molecule has 0 aromatic heterocycles. The quantitative estimate of drug-likeness (QED) is 0.646. The molecule has 1 aliphatic heterocycles. The van der Waals surface area contributed by atoms with Crippen molar-refractivity contribution in [2.24, 2.45) is 11.8 Å². The highest BCUT2D eigenvalue weighted by Gasteiger charge is 2.34. The molecule has 1 N–H and O–H groups in total. The molecule has 1 aromatic carbocycles. The molecule has 1 aliphatic rings. The number of carbonyl (C=O) groups excluding carboxylic acids is 2.